The highest BCUT2D eigenvalue weighted by molar-refractivity contribution is 7.89. The fourth-order valence-corrected chi connectivity index (χ4v) is 4.32. The Kier molecular flexibility index (Phi) is 5.73. The first-order valence-corrected chi connectivity index (χ1v) is 10.0. The van der Waals surface area contributed by atoms with Gasteiger partial charge in [-0.05, 0) is 43.2 Å². The third kappa shape index (κ3) is 4.44. The molecule has 27 heavy (non-hydrogen) atoms. The Morgan fingerprint density at radius 3 is 2.30 bits per heavy atom. The van der Waals surface area contributed by atoms with Crippen LogP contribution in [0.3, 0.4) is 0 Å². The Labute approximate surface area is 161 Å². The summed E-state index contributed by atoms with van der Waals surface area (Å²) >= 11 is 5.66. The molecule has 1 saturated heterocycles. The number of nitrogens with one attached hydrogen (secondary N) is 2. The van der Waals surface area contributed by atoms with Crippen LogP contribution in [0.15, 0.2) is 47.5 Å². The summed E-state index contributed by atoms with van der Waals surface area (Å²) in [6.45, 7) is 0.952. The van der Waals surface area contributed by atoms with Crippen LogP contribution in [0, 0.1) is 0 Å². The van der Waals surface area contributed by atoms with Crippen LogP contribution in [0.5, 0.6) is 0 Å². The van der Waals surface area contributed by atoms with Crippen molar-refractivity contribution in [3.05, 3.63) is 58.9 Å². The normalized spacial score (nSPS) is 14.7. The van der Waals surface area contributed by atoms with Gasteiger partial charge in [-0.25, -0.2) is 13.4 Å². The average molecular weight is 409 g/mol. The molecule has 0 radical (unpaired) electrons. The molecule has 8 nitrogen and oxygen atoms in total. The second-order valence-electron chi connectivity index (χ2n) is 5.92. The molecule has 2 amide bonds. The monoisotopic (exact) mass is 408 g/mol. The first-order valence-electron chi connectivity index (χ1n) is 8.20. The Bertz CT molecular complexity index is 957. The second kappa shape index (κ2) is 8.03. The quantitative estimate of drug-likeness (QED) is 0.590. The minimum absolute atomic E-state index is 0.0466. The van der Waals surface area contributed by atoms with Gasteiger partial charge in [0.15, 0.2) is 0 Å². The van der Waals surface area contributed by atoms with E-state index in [0.29, 0.717) is 13.1 Å². The second-order valence-corrected chi connectivity index (χ2v) is 8.24. The van der Waals surface area contributed by atoms with Crippen molar-refractivity contribution in [3.8, 4) is 0 Å². The summed E-state index contributed by atoms with van der Waals surface area (Å²) in [5.41, 5.74) is 4.83. The van der Waals surface area contributed by atoms with E-state index < -0.39 is 21.8 Å². The topological polar surface area (TPSA) is 108 Å². The van der Waals surface area contributed by atoms with Gasteiger partial charge in [-0.3, -0.25) is 20.4 Å². The van der Waals surface area contributed by atoms with Crippen molar-refractivity contribution in [3.63, 3.8) is 0 Å². The first-order chi connectivity index (χ1) is 12.9. The molecule has 1 aliphatic rings. The van der Waals surface area contributed by atoms with Crippen molar-refractivity contribution in [1.82, 2.24) is 20.1 Å². The van der Waals surface area contributed by atoms with Crippen LogP contribution in [0.4, 0.5) is 0 Å². The predicted molar refractivity (Wildman–Crippen MR) is 98.6 cm³/mol. The zero-order valence-corrected chi connectivity index (χ0v) is 15.8. The third-order valence-electron chi connectivity index (χ3n) is 4.08. The van der Waals surface area contributed by atoms with Gasteiger partial charge in [0.05, 0.1) is 10.5 Å². The largest absolute Gasteiger partial charge is 0.271 e. The molecule has 0 aliphatic carbocycles. The number of hydrogen-bond donors (Lipinski definition) is 2. The van der Waals surface area contributed by atoms with Crippen LogP contribution < -0.4 is 10.9 Å². The molecule has 0 unspecified atom stereocenters. The Morgan fingerprint density at radius 2 is 1.67 bits per heavy atom. The number of rotatable bonds is 4. The fourth-order valence-electron chi connectivity index (χ4n) is 2.64. The molecule has 1 aromatic heterocycles. The van der Waals surface area contributed by atoms with Gasteiger partial charge in [-0.2, -0.15) is 4.31 Å². The van der Waals surface area contributed by atoms with Crippen LogP contribution in [0.1, 0.15) is 33.6 Å². The van der Waals surface area contributed by atoms with Gasteiger partial charge in [-0.1, -0.05) is 17.7 Å². The predicted octanol–water partition coefficient (Wildman–Crippen LogP) is 1.59. The molecule has 2 N–H and O–H groups in total. The van der Waals surface area contributed by atoms with E-state index in [0.717, 1.165) is 12.8 Å². The number of nitrogens with zero attached hydrogens (tertiary/aromatic N) is 2. The van der Waals surface area contributed by atoms with Crippen LogP contribution >= 0.6 is 11.6 Å². The number of pyridine rings is 1. The lowest BCUT2D eigenvalue weighted by molar-refractivity contribution is 0.0846. The summed E-state index contributed by atoms with van der Waals surface area (Å²) in [7, 11) is -3.63. The Morgan fingerprint density at radius 1 is 1.00 bits per heavy atom. The lowest BCUT2D eigenvalue weighted by Gasteiger charge is -2.16. The molecular weight excluding hydrogens is 392 g/mol. The number of benzene rings is 1. The van der Waals surface area contributed by atoms with E-state index in [9.17, 15) is 18.0 Å². The highest BCUT2D eigenvalue weighted by Crippen LogP contribution is 2.21. The number of halogens is 1. The molecule has 3 rings (SSSR count). The molecule has 10 heteroatoms. The highest BCUT2D eigenvalue weighted by atomic mass is 35.5. The third-order valence-corrected chi connectivity index (χ3v) is 6.20. The van der Waals surface area contributed by atoms with Crippen molar-refractivity contribution in [1.29, 1.82) is 0 Å². The maximum atomic E-state index is 12.6. The average Bonchev–Trinajstić information content (AvgIpc) is 3.22. The molecule has 2 heterocycles. The van der Waals surface area contributed by atoms with Crippen molar-refractivity contribution >= 4 is 33.4 Å². The maximum Gasteiger partial charge on any atom is 0.271 e. The first kappa shape index (κ1) is 19.3. The van der Waals surface area contributed by atoms with E-state index in [1.54, 1.807) is 0 Å². The van der Waals surface area contributed by atoms with Crippen LogP contribution in [-0.2, 0) is 10.0 Å². The van der Waals surface area contributed by atoms with Gasteiger partial charge in [-0.15, -0.1) is 0 Å². The van der Waals surface area contributed by atoms with E-state index in [1.165, 1.54) is 46.9 Å². The van der Waals surface area contributed by atoms with Gasteiger partial charge >= 0.3 is 0 Å². The number of hydrogen-bond acceptors (Lipinski definition) is 5. The van der Waals surface area contributed by atoms with Gasteiger partial charge in [0, 0.05) is 24.8 Å². The number of carbonyl (C=O) groups excluding carboxylic acids is 2. The van der Waals surface area contributed by atoms with Crippen LogP contribution in [0.25, 0.3) is 0 Å². The summed E-state index contributed by atoms with van der Waals surface area (Å²) in [5, 5.41) is 0.242. The Balaban J connectivity index is 1.68. The minimum Gasteiger partial charge on any atom is -0.267 e. The molecule has 0 atom stereocenters. The summed E-state index contributed by atoms with van der Waals surface area (Å²) < 4.78 is 26.6. The number of amides is 2. The summed E-state index contributed by atoms with van der Waals surface area (Å²) in [6.07, 6.45) is 2.92. The van der Waals surface area contributed by atoms with Gasteiger partial charge < -0.3 is 0 Å². The molecule has 0 spiro atoms. The molecule has 0 saturated carbocycles. The Hall–Kier alpha value is -2.49. The molecule has 1 aliphatic heterocycles. The van der Waals surface area contributed by atoms with Gasteiger partial charge in [0.1, 0.15) is 5.15 Å². The van der Waals surface area contributed by atoms with Crippen molar-refractivity contribution in [2.75, 3.05) is 13.1 Å². The van der Waals surface area contributed by atoms with Crippen LogP contribution in [-0.4, -0.2) is 42.6 Å². The zero-order valence-electron chi connectivity index (χ0n) is 14.2. The maximum absolute atomic E-state index is 12.6. The van der Waals surface area contributed by atoms with Gasteiger partial charge in [0.2, 0.25) is 10.0 Å². The number of hydrazine groups is 1. The summed E-state index contributed by atoms with van der Waals surface area (Å²) in [4.78, 5) is 28.1. The summed E-state index contributed by atoms with van der Waals surface area (Å²) in [6, 6.07) is 8.60. The number of sulfonamides is 1. The van der Waals surface area contributed by atoms with Crippen molar-refractivity contribution in [2.45, 2.75) is 17.7 Å². The van der Waals surface area contributed by atoms with E-state index in [4.69, 9.17) is 11.6 Å². The fraction of sp³-hybridized carbons (Fsp3) is 0.235. The van der Waals surface area contributed by atoms with Gasteiger partial charge in [0.25, 0.3) is 11.8 Å². The lowest BCUT2D eigenvalue weighted by atomic mass is 10.2. The smallest absolute Gasteiger partial charge is 0.267 e. The van der Waals surface area contributed by atoms with E-state index >= 15 is 0 Å². The minimum atomic E-state index is -3.63. The zero-order chi connectivity index (χ0) is 19.4. The SMILES string of the molecule is O=C(NNC(=O)c1cccc(S(=O)(=O)N2CCCC2)c1)c1ccc(Cl)nc1. The van der Waals surface area contributed by atoms with E-state index in [1.807, 2.05) is 0 Å². The standard InChI is InChI=1S/C17H17ClN4O4S/c18-15-7-6-13(11-19-15)17(24)21-20-16(23)12-4-3-5-14(10-12)27(25,26)22-8-1-2-9-22/h3-7,10-11H,1-2,8-9H2,(H,20,23)(H,21,24). The lowest BCUT2D eigenvalue weighted by Crippen LogP contribution is -2.41. The summed E-state index contributed by atoms with van der Waals surface area (Å²) in [5.74, 6) is -1.21. The van der Waals surface area contributed by atoms with Crippen LogP contribution in [0.2, 0.25) is 5.15 Å². The van der Waals surface area contributed by atoms with Crippen molar-refractivity contribution < 1.29 is 18.0 Å². The number of aromatic nitrogens is 1. The molecule has 1 aromatic carbocycles. The molecule has 142 valence electrons. The highest BCUT2D eigenvalue weighted by Gasteiger charge is 2.27. The molecule has 1 fully saturated rings. The van der Waals surface area contributed by atoms with Crippen molar-refractivity contribution in [2.24, 2.45) is 0 Å². The molecular formula is C17H17ClN4O4S. The van der Waals surface area contributed by atoms with E-state index in [-0.39, 0.29) is 21.2 Å². The molecule has 0 bridgehead atoms. The van der Waals surface area contributed by atoms with E-state index in [2.05, 4.69) is 15.8 Å². The number of carbonyl (C=O) groups is 2. The molecule has 2 aromatic rings.